The van der Waals surface area contributed by atoms with Crippen molar-refractivity contribution in [2.45, 2.75) is 19.5 Å². The second kappa shape index (κ2) is 6.23. The van der Waals surface area contributed by atoms with Crippen molar-refractivity contribution in [3.63, 3.8) is 0 Å². The molecular formula is C7H11F3N2O3. The first-order valence-corrected chi connectivity index (χ1v) is 4.13. The number of alkyl halides is 3. The molecule has 0 saturated heterocycles. The Morgan fingerprint density at radius 3 is 2.40 bits per heavy atom. The molecule has 0 heterocycles. The van der Waals surface area contributed by atoms with E-state index >= 15 is 0 Å². The fraction of sp³-hybridized carbons (Fsp3) is 0.714. The van der Waals surface area contributed by atoms with Crippen molar-refractivity contribution in [3.05, 3.63) is 0 Å². The first-order chi connectivity index (χ1) is 6.88. The molecule has 88 valence electrons. The quantitative estimate of drug-likeness (QED) is 0.398. The summed E-state index contributed by atoms with van der Waals surface area (Å²) in [6, 6.07) is 0. The Morgan fingerprint density at radius 2 is 1.93 bits per heavy atom. The summed E-state index contributed by atoms with van der Waals surface area (Å²) in [4.78, 5) is 20.9. The van der Waals surface area contributed by atoms with Gasteiger partial charge >= 0.3 is 18.1 Å². The maximum Gasteiger partial charge on any atom is 0.472 e. The molecule has 0 rings (SSSR count). The molecule has 0 aliphatic heterocycles. The fourth-order valence-electron chi connectivity index (χ4n) is 0.611. The second-order valence-electron chi connectivity index (χ2n) is 2.43. The highest BCUT2D eigenvalue weighted by Gasteiger charge is 2.38. The third-order valence-electron chi connectivity index (χ3n) is 1.22. The normalized spacial score (nSPS) is 10.9. The molecule has 8 heteroatoms. The largest absolute Gasteiger partial charge is 0.472 e. The Balaban J connectivity index is 3.55. The zero-order valence-corrected chi connectivity index (χ0v) is 7.98. The molecule has 0 aromatic carbocycles. The molecule has 0 aliphatic carbocycles. The molecule has 5 nitrogen and oxygen atoms in total. The van der Waals surface area contributed by atoms with E-state index in [0.717, 1.165) is 0 Å². The van der Waals surface area contributed by atoms with E-state index in [0.29, 0.717) is 0 Å². The van der Waals surface area contributed by atoms with Crippen LogP contribution in [0.5, 0.6) is 0 Å². The molecule has 0 atom stereocenters. The van der Waals surface area contributed by atoms with Crippen LogP contribution in [-0.2, 0) is 14.3 Å². The lowest BCUT2D eigenvalue weighted by Crippen LogP contribution is -2.45. The van der Waals surface area contributed by atoms with Crippen LogP contribution in [0.4, 0.5) is 13.2 Å². The lowest BCUT2D eigenvalue weighted by molar-refractivity contribution is -0.174. The minimum atomic E-state index is -4.93. The zero-order valence-electron chi connectivity index (χ0n) is 7.98. The van der Waals surface area contributed by atoms with E-state index in [9.17, 15) is 22.8 Å². The van der Waals surface area contributed by atoms with Crippen LogP contribution in [0, 0.1) is 0 Å². The minimum absolute atomic E-state index is 0.119. The van der Waals surface area contributed by atoms with Gasteiger partial charge in [0.2, 0.25) is 0 Å². The van der Waals surface area contributed by atoms with E-state index in [1.54, 1.807) is 6.92 Å². The van der Waals surface area contributed by atoms with Crippen LogP contribution >= 0.6 is 0 Å². The minimum Gasteiger partial charge on any atom is -0.466 e. The summed E-state index contributed by atoms with van der Waals surface area (Å²) in [5.41, 5.74) is 3.36. The third kappa shape index (κ3) is 6.72. The van der Waals surface area contributed by atoms with Crippen molar-refractivity contribution in [2.75, 3.05) is 13.2 Å². The summed E-state index contributed by atoms with van der Waals surface area (Å²) in [5.74, 6) is -2.65. The summed E-state index contributed by atoms with van der Waals surface area (Å²) < 4.78 is 39.3. The molecule has 15 heavy (non-hydrogen) atoms. The summed E-state index contributed by atoms with van der Waals surface area (Å²) in [6.07, 6.45) is -5.05. The van der Waals surface area contributed by atoms with Crippen molar-refractivity contribution < 1.29 is 27.5 Å². The van der Waals surface area contributed by atoms with Crippen molar-refractivity contribution in [1.82, 2.24) is 10.9 Å². The van der Waals surface area contributed by atoms with Crippen LogP contribution in [0.3, 0.4) is 0 Å². The predicted octanol–water partition coefficient (Wildman–Crippen LogP) is 0.123. The molecule has 0 aromatic rings. The van der Waals surface area contributed by atoms with Gasteiger partial charge in [0.25, 0.3) is 0 Å². The molecule has 1 amide bonds. The number of amides is 1. The first kappa shape index (κ1) is 13.7. The average Bonchev–Trinajstić information content (AvgIpc) is 2.11. The Kier molecular flexibility index (Phi) is 5.68. The van der Waals surface area contributed by atoms with Crippen LogP contribution in [-0.4, -0.2) is 31.2 Å². The molecular weight excluding hydrogens is 217 g/mol. The highest BCUT2D eigenvalue weighted by atomic mass is 19.4. The van der Waals surface area contributed by atoms with Gasteiger partial charge in [0.05, 0.1) is 13.0 Å². The Hall–Kier alpha value is -1.31. The summed E-state index contributed by atoms with van der Waals surface area (Å²) >= 11 is 0. The van der Waals surface area contributed by atoms with E-state index in [1.165, 1.54) is 5.43 Å². The van der Waals surface area contributed by atoms with Crippen molar-refractivity contribution >= 4 is 11.9 Å². The van der Waals surface area contributed by atoms with Gasteiger partial charge in [0.15, 0.2) is 0 Å². The Labute approximate surface area is 83.9 Å². The Morgan fingerprint density at radius 1 is 1.33 bits per heavy atom. The lowest BCUT2D eigenvalue weighted by atomic mass is 10.4. The fourth-order valence-corrected chi connectivity index (χ4v) is 0.611. The van der Waals surface area contributed by atoms with Crippen LogP contribution in [0.15, 0.2) is 0 Å². The van der Waals surface area contributed by atoms with Crippen LogP contribution in [0.25, 0.3) is 0 Å². The summed E-state index contributed by atoms with van der Waals surface area (Å²) in [7, 11) is 0. The van der Waals surface area contributed by atoms with Gasteiger partial charge in [-0.2, -0.15) is 13.2 Å². The van der Waals surface area contributed by atoms with Crippen LogP contribution in [0.2, 0.25) is 0 Å². The second-order valence-corrected chi connectivity index (χ2v) is 2.43. The van der Waals surface area contributed by atoms with E-state index in [2.05, 4.69) is 4.74 Å². The van der Waals surface area contributed by atoms with Crippen LogP contribution < -0.4 is 10.9 Å². The van der Waals surface area contributed by atoms with Gasteiger partial charge in [-0.25, -0.2) is 5.43 Å². The highest BCUT2D eigenvalue weighted by molar-refractivity contribution is 5.81. The molecule has 0 bridgehead atoms. The molecule has 0 aliphatic rings. The molecule has 0 fully saturated rings. The monoisotopic (exact) mass is 228 g/mol. The highest BCUT2D eigenvalue weighted by Crippen LogP contribution is 2.13. The maximum absolute atomic E-state index is 11.6. The predicted molar refractivity (Wildman–Crippen MR) is 43.5 cm³/mol. The van der Waals surface area contributed by atoms with Crippen LogP contribution in [0.1, 0.15) is 13.3 Å². The molecule has 0 spiro atoms. The number of carbonyl (C=O) groups is 2. The van der Waals surface area contributed by atoms with Gasteiger partial charge in [0, 0.05) is 6.54 Å². The number of carbonyl (C=O) groups excluding carboxylic acids is 2. The molecule has 2 N–H and O–H groups in total. The summed E-state index contributed by atoms with van der Waals surface area (Å²) in [6.45, 7) is 1.69. The lowest BCUT2D eigenvalue weighted by Gasteiger charge is -2.08. The smallest absolute Gasteiger partial charge is 0.466 e. The molecule has 0 saturated carbocycles. The average molecular weight is 228 g/mol. The first-order valence-electron chi connectivity index (χ1n) is 4.13. The van der Waals surface area contributed by atoms with Gasteiger partial charge in [0.1, 0.15) is 0 Å². The standard InChI is InChI=1S/C7H11F3N2O3/c1-2-15-5(13)3-4-11-12-6(14)7(8,9)10/h11H,2-4H2,1H3,(H,12,14). The van der Waals surface area contributed by atoms with Gasteiger partial charge in [-0.3, -0.25) is 15.0 Å². The van der Waals surface area contributed by atoms with E-state index < -0.39 is 18.1 Å². The number of hydrogen-bond donors (Lipinski definition) is 2. The van der Waals surface area contributed by atoms with Gasteiger partial charge in [-0.05, 0) is 6.92 Å². The van der Waals surface area contributed by atoms with Gasteiger partial charge in [-0.15, -0.1) is 0 Å². The number of esters is 1. The maximum atomic E-state index is 11.6. The number of hydrazine groups is 1. The number of rotatable bonds is 5. The van der Waals surface area contributed by atoms with E-state index in [-0.39, 0.29) is 19.6 Å². The van der Waals surface area contributed by atoms with Crippen molar-refractivity contribution in [3.8, 4) is 0 Å². The molecule has 0 aromatic heterocycles. The number of ether oxygens (including phenoxy) is 1. The third-order valence-corrected chi connectivity index (χ3v) is 1.22. The molecule has 0 unspecified atom stereocenters. The number of halogens is 3. The van der Waals surface area contributed by atoms with Crippen molar-refractivity contribution in [1.29, 1.82) is 0 Å². The Bertz CT molecular complexity index is 230. The zero-order chi connectivity index (χ0) is 11.9. The van der Waals surface area contributed by atoms with E-state index in [4.69, 9.17) is 0 Å². The topological polar surface area (TPSA) is 67.4 Å². The number of hydrogen-bond acceptors (Lipinski definition) is 4. The molecule has 0 radical (unpaired) electrons. The summed E-state index contributed by atoms with van der Waals surface area (Å²) in [5, 5.41) is 0. The SMILES string of the molecule is CCOC(=O)CCNNC(=O)C(F)(F)F. The van der Waals surface area contributed by atoms with Gasteiger partial charge < -0.3 is 4.74 Å². The van der Waals surface area contributed by atoms with Crippen molar-refractivity contribution in [2.24, 2.45) is 0 Å². The van der Waals surface area contributed by atoms with E-state index in [1.807, 2.05) is 5.43 Å². The number of nitrogens with one attached hydrogen (secondary N) is 2. The van der Waals surface area contributed by atoms with Gasteiger partial charge in [-0.1, -0.05) is 0 Å².